The Kier molecular flexibility index (Phi) is 4.63. The first-order chi connectivity index (χ1) is 9.02. The molecule has 0 aliphatic carbocycles. The number of hydrogen-bond donors (Lipinski definition) is 1. The fourth-order valence-corrected chi connectivity index (χ4v) is 4.78. The molecule has 1 aromatic rings. The summed E-state index contributed by atoms with van der Waals surface area (Å²) < 4.78 is 23.4. The van der Waals surface area contributed by atoms with E-state index in [0.29, 0.717) is 17.4 Å². The van der Waals surface area contributed by atoms with Crippen LogP contribution in [0.1, 0.15) is 30.4 Å². The van der Waals surface area contributed by atoms with Crippen LogP contribution >= 0.6 is 0 Å². The second-order valence-corrected chi connectivity index (χ2v) is 7.72. The fraction of sp³-hybridized carbons (Fsp3) is 0.600. The molecule has 1 aliphatic heterocycles. The summed E-state index contributed by atoms with van der Waals surface area (Å²) in [6.45, 7) is 5.94. The summed E-state index contributed by atoms with van der Waals surface area (Å²) >= 11 is 0. The van der Waals surface area contributed by atoms with Gasteiger partial charge in [-0.3, -0.25) is 0 Å². The van der Waals surface area contributed by atoms with Gasteiger partial charge in [0.05, 0.1) is 11.5 Å². The number of nitrogens with one attached hydrogen (secondary N) is 1. The van der Waals surface area contributed by atoms with Gasteiger partial charge in [0, 0.05) is 12.5 Å². The maximum atomic E-state index is 11.7. The van der Waals surface area contributed by atoms with Crippen LogP contribution in [0, 0.1) is 12.8 Å². The van der Waals surface area contributed by atoms with Gasteiger partial charge in [0.15, 0.2) is 9.84 Å². The van der Waals surface area contributed by atoms with Crippen molar-refractivity contribution in [2.24, 2.45) is 5.92 Å². The lowest BCUT2D eigenvalue weighted by Gasteiger charge is -2.23. The van der Waals surface area contributed by atoms with Crippen molar-refractivity contribution in [3.05, 3.63) is 35.4 Å². The summed E-state index contributed by atoms with van der Waals surface area (Å²) in [5.74, 6) is 1.26. The van der Waals surface area contributed by atoms with Crippen molar-refractivity contribution >= 4 is 9.84 Å². The summed E-state index contributed by atoms with van der Waals surface area (Å²) in [6, 6.07) is 8.46. The molecule has 0 aromatic heterocycles. The van der Waals surface area contributed by atoms with E-state index in [-0.39, 0.29) is 5.92 Å². The van der Waals surface area contributed by atoms with Gasteiger partial charge < -0.3 is 5.32 Å². The molecule has 0 spiro atoms. The Morgan fingerprint density at radius 2 is 2.21 bits per heavy atom. The monoisotopic (exact) mass is 281 g/mol. The van der Waals surface area contributed by atoms with E-state index < -0.39 is 9.84 Å². The molecule has 1 fully saturated rings. The second kappa shape index (κ2) is 6.06. The van der Waals surface area contributed by atoms with Crippen LogP contribution in [0.3, 0.4) is 0 Å². The van der Waals surface area contributed by atoms with Crippen molar-refractivity contribution in [1.82, 2.24) is 5.32 Å². The van der Waals surface area contributed by atoms with Crippen molar-refractivity contribution in [3.63, 3.8) is 0 Å². The van der Waals surface area contributed by atoms with Crippen LogP contribution in [0.2, 0.25) is 0 Å². The molecule has 1 saturated heterocycles. The van der Waals surface area contributed by atoms with E-state index >= 15 is 0 Å². The zero-order valence-electron chi connectivity index (χ0n) is 11.7. The Labute approximate surface area is 116 Å². The predicted octanol–water partition coefficient (Wildman–Crippen LogP) is 2.12. The van der Waals surface area contributed by atoms with Gasteiger partial charge in [-0.25, -0.2) is 8.42 Å². The molecule has 1 aromatic carbocycles. The highest BCUT2D eigenvalue weighted by Gasteiger charge is 2.34. The molecule has 2 atom stereocenters. The van der Waals surface area contributed by atoms with E-state index in [1.54, 1.807) is 0 Å². The van der Waals surface area contributed by atoms with E-state index in [0.717, 1.165) is 19.5 Å². The molecule has 4 heteroatoms. The fourth-order valence-electron chi connectivity index (χ4n) is 2.90. The van der Waals surface area contributed by atoms with Crippen LogP contribution in [-0.4, -0.2) is 33.0 Å². The topological polar surface area (TPSA) is 46.2 Å². The van der Waals surface area contributed by atoms with Gasteiger partial charge in [0.1, 0.15) is 0 Å². The lowest BCUT2D eigenvalue weighted by molar-refractivity contribution is 0.442. The maximum absolute atomic E-state index is 11.7. The minimum atomic E-state index is -2.81. The van der Waals surface area contributed by atoms with Gasteiger partial charge in [0.2, 0.25) is 0 Å². The molecule has 2 rings (SSSR count). The van der Waals surface area contributed by atoms with E-state index in [1.165, 1.54) is 11.1 Å². The van der Waals surface area contributed by atoms with Crippen molar-refractivity contribution < 1.29 is 8.42 Å². The van der Waals surface area contributed by atoms with Crippen molar-refractivity contribution in [2.75, 3.05) is 24.6 Å². The van der Waals surface area contributed by atoms with Crippen LogP contribution in [0.15, 0.2) is 24.3 Å². The minimum Gasteiger partial charge on any atom is -0.316 e. The highest BCUT2D eigenvalue weighted by atomic mass is 32.2. The van der Waals surface area contributed by atoms with E-state index in [4.69, 9.17) is 0 Å². The van der Waals surface area contributed by atoms with Gasteiger partial charge >= 0.3 is 0 Å². The van der Waals surface area contributed by atoms with Crippen LogP contribution in [-0.2, 0) is 9.84 Å². The first-order valence-electron chi connectivity index (χ1n) is 6.99. The average molecular weight is 281 g/mol. The van der Waals surface area contributed by atoms with Crippen LogP contribution in [0.4, 0.5) is 0 Å². The van der Waals surface area contributed by atoms with Gasteiger partial charge in [0.25, 0.3) is 0 Å². The first kappa shape index (κ1) is 14.5. The highest BCUT2D eigenvalue weighted by molar-refractivity contribution is 7.91. The van der Waals surface area contributed by atoms with E-state index in [9.17, 15) is 8.42 Å². The summed E-state index contributed by atoms with van der Waals surface area (Å²) in [6.07, 6.45) is 0.798. The third-order valence-electron chi connectivity index (χ3n) is 3.92. The van der Waals surface area contributed by atoms with Crippen molar-refractivity contribution in [2.45, 2.75) is 26.2 Å². The number of rotatable bonds is 5. The average Bonchev–Trinajstić information content (AvgIpc) is 2.70. The smallest absolute Gasteiger partial charge is 0.150 e. The van der Waals surface area contributed by atoms with Gasteiger partial charge in [-0.1, -0.05) is 36.8 Å². The molecule has 0 radical (unpaired) electrons. The normalized spacial score (nSPS) is 23.4. The zero-order valence-corrected chi connectivity index (χ0v) is 12.5. The molecule has 1 heterocycles. The molecule has 3 nitrogen and oxygen atoms in total. The Morgan fingerprint density at radius 1 is 1.42 bits per heavy atom. The van der Waals surface area contributed by atoms with Crippen LogP contribution < -0.4 is 5.32 Å². The molecular weight excluding hydrogens is 258 g/mol. The number of hydrogen-bond acceptors (Lipinski definition) is 3. The number of benzene rings is 1. The zero-order chi connectivity index (χ0) is 13.9. The second-order valence-electron chi connectivity index (χ2n) is 5.49. The first-order valence-corrected chi connectivity index (χ1v) is 8.81. The van der Waals surface area contributed by atoms with E-state index in [1.807, 2.05) is 0 Å². The predicted molar refractivity (Wildman–Crippen MR) is 79.2 cm³/mol. The third-order valence-corrected chi connectivity index (χ3v) is 5.71. The molecular formula is C15H23NO2S. The summed E-state index contributed by atoms with van der Waals surface area (Å²) in [5.41, 5.74) is 2.50. The maximum Gasteiger partial charge on any atom is 0.150 e. The van der Waals surface area contributed by atoms with Crippen molar-refractivity contribution in [3.8, 4) is 0 Å². The van der Waals surface area contributed by atoms with Crippen LogP contribution in [0.25, 0.3) is 0 Å². The SMILES string of the molecule is CCNCC(c1cccc(C)c1)C1CCS(=O)(=O)C1. The Balaban J connectivity index is 2.21. The molecule has 1 aliphatic rings. The minimum absolute atomic E-state index is 0.255. The van der Waals surface area contributed by atoms with Gasteiger partial charge in [-0.05, 0) is 31.4 Å². The van der Waals surface area contributed by atoms with Crippen LogP contribution in [0.5, 0.6) is 0 Å². The highest BCUT2D eigenvalue weighted by Crippen LogP contribution is 2.33. The Bertz CT molecular complexity index is 525. The number of likely N-dealkylation sites (N-methyl/N-ethyl adjacent to an activating group) is 1. The molecule has 0 saturated carbocycles. The molecule has 19 heavy (non-hydrogen) atoms. The van der Waals surface area contributed by atoms with Gasteiger partial charge in [-0.15, -0.1) is 0 Å². The molecule has 0 bridgehead atoms. The summed E-state index contributed by atoms with van der Waals surface area (Å²) in [5, 5.41) is 3.38. The molecule has 2 unspecified atom stereocenters. The largest absolute Gasteiger partial charge is 0.316 e. The summed E-state index contributed by atoms with van der Waals surface area (Å²) in [4.78, 5) is 0. The molecule has 1 N–H and O–H groups in total. The lowest BCUT2D eigenvalue weighted by Crippen LogP contribution is -2.27. The van der Waals surface area contributed by atoms with Gasteiger partial charge in [-0.2, -0.15) is 0 Å². The third kappa shape index (κ3) is 3.80. The number of aryl methyl sites for hydroxylation is 1. The quantitative estimate of drug-likeness (QED) is 0.899. The Hall–Kier alpha value is -0.870. The lowest BCUT2D eigenvalue weighted by atomic mass is 9.85. The van der Waals surface area contributed by atoms with E-state index in [2.05, 4.69) is 43.4 Å². The Morgan fingerprint density at radius 3 is 2.79 bits per heavy atom. The van der Waals surface area contributed by atoms with Crippen molar-refractivity contribution in [1.29, 1.82) is 0 Å². The molecule has 106 valence electrons. The molecule has 0 amide bonds. The standard InChI is InChI=1S/C15H23NO2S/c1-3-16-10-15(13-6-4-5-12(2)9-13)14-7-8-19(17,18)11-14/h4-6,9,14-16H,3,7-8,10-11H2,1-2H3. The number of sulfone groups is 1. The summed E-state index contributed by atoms with van der Waals surface area (Å²) in [7, 11) is -2.81.